The molecule has 8 nitrogen and oxygen atoms in total. The van der Waals surface area contributed by atoms with Crippen LogP contribution in [0.1, 0.15) is 16.8 Å². The van der Waals surface area contributed by atoms with Gasteiger partial charge in [-0.1, -0.05) is 18.2 Å². The summed E-state index contributed by atoms with van der Waals surface area (Å²) in [5.74, 6) is -0.733. The lowest BCUT2D eigenvalue weighted by atomic mass is 10.2. The summed E-state index contributed by atoms with van der Waals surface area (Å²) >= 11 is 0. The standard InChI is InChI=1S/C18H20N2O6S/c1-25-15-9-8-13(12-16(15)26-2)18(22)20-19-17(21)10-11-27(23,24)14-6-4-3-5-7-14/h3-9,12H,10-11H2,1-2H3,(H,19,21)(H,20,22). The Labute approximate surface area is 157 Å². The number of hydrogen-bond donors (Lipinski definition) is 2. The Balaban J connectivity index is 1.89. The Bertz CT molecular complexity index is 913. The van der Waals surface area contributed by atoms with Crippen LogP contribution >= 0.6 is 0 Å². The van der Waals surface area contributed by atoms with Crippen molar-refractivity contribution in [1.82, 2.24) is 10.9 Å². The number of hydrazine groups is 1. The van der Waals surface area contributed by atoms with E-state index in [2.05, 4.69) is 10.9 Å². The third-order valence-corrected chi connectivity index (χ3v) is 5.39. The van der Waals surface area contributed by atoms with Gasteiger partial charge in [-0.2, -0.15) is 0 Å². The van der Waals surface area contributed by atoms with E-state index in [-0.39, 0.29) is 22.6 Å². The lowest BCUT2D eigenvalue weighted by molar-refractivity contribution is -0.121. The van der Waals surface area contributed by atoms with E-state index in [9.17, 15) is 18.0 Å². The summed E-state index contributed by atoms with van der Waals surface area (Å²) in [5, 5.41) is 0. The molecule has 0 radical (unpaired) electrons. The number of ether oxygens (including phenoxy) is 2. The van der Waals surface area contributed by atoms with Crippen molar-refractivity contribution >= 4 is 21.7 Å². The Morgan fingerprint density at radius 1 is 0.926 bits per heavy atom. The monoisotopic (exact) mass is 392 g/mol. The van der Waals surface area contributed by atoms with E-state index in [1.807, 2.05) is 0 Å². The van der Waals surface area contributed by atoms with Crippen LogP contribution in [0.15, 0.2) is 53.4 Å². The molecular weight excluding hydrogens is 372 g/mol. The van der Waals surface area contributed by atoms with E-state index in [0.717, 1.165) is 0 Å². The lowest BCUT2D eigenvalue weighted by Gasteiger charge is -2.11. The second-order valence-corrected chi connectivity index (χ2v) is 7.56. The zero-order valence-electron chi connectivity index (χ0n) is 14.9. The zero-order valence-corrected chi connectivity index (χ0v) is 15.7. The number of nitrogens with one attached hydrogen (secondary N) is 2. The van der Waals surface area contributed by atoms with Gasteiger partial charge in [-0.3, -0.25) is 20.4 Å². The number of rotatable bonds is 7. The highest BCUT2D eigenvalue weighted by Crippen LogP contribution is 2.27. The van der Waals surface area contributed by atoms with Gasteiger partial charge in [-0.25, -0.2) is 8.42 Å². The zero-order chi connectivity index (χ0) is 19.9. The van der Waals surface area contributed by atoms with Gasteiger partial charge in [0.25, 0.3) is 5.91 Å². The molecule has 2 aromatic carbocycles. The molecule has 27 heavy (non-hydrogen) atoms. The number of amides is 2. The fourth-order valence-corrected chi connectivity index (χ4v) is 3.47. The van der Waals surface area contributed by atoms with Gasteiger partial charge in [0.15, 0.2) is 21.3 Å². The van der Waals surface area contributed by atoms with Gasteiger partial charge < -0.3 is 9.47 Å². The summed E-state index contributed by atoms with van der Waals surface area (Å²) < 4.78 is 34.5. The highest BCUT2D eigenvalue weighted by atomic mass is 32.2. The average molecular weight is 392 g/mol. The molecule has 0 unspecified atom stereocenters. The van der Waals surface area contributed by atoms with Crippen molar-refractivity contribution in [2.45, 2.75) is 11.3 Å². The fraction of sp³-hybridized carbons (Fsp3) is 0.222. The van der Waals surface area contributed by atoms with E-state index in [1.165, 1.54) is 38.5 Å². The van der Waals surface area contributed by atoms with E-state index in [0.29, 0.717) is 11.5 Å². The van der Waals surface area contributed by atoms with Crippen LogP contribution in [-0.2, 0) is 14.6 Å². The first kappa shape index (κ1) is 20.2. The van der Waals surface area contributed by atoms with Gasteiger partial charge in [0.05, 0.1) is 24.9 Å². The number of sulfone groups is 1. The first-order chi connectivity index (χ1) is 12.9. The largest absolute Gasteiger partial charge is 0.493 e. The van der Waals surface area contributed by atoms with Gasteiger partial charge in [0.1, 0.15) is 0 Å². The van der Waals surface area contributed by atoms with Crippen molar-refractivity contribution in [2.75, 3.05) is 20.0 Å². The molecule has 2 N–H and O–H groups in total. The lowest BCUT2D eigenvalue weighted by Crippen LogP contribution is -2.42. The first-order valence-electron chi connectivity index (χ1n) is 7.96. The minimum absolute atomic E-state index is 0.146. The normalized spacial score (nSPS) is 10.7. The second-order valence-electron chi connectivity index (χ2n) is 5.45. The molecule has 0 aliphatic rings. The maximum absolute atomic E-state index is 12.1. The summed E-state index contributed by atoms with van der Waals surface area (Å²) in [4.78, 5) is 24.1. The number of methoxy groups -OCH3 is 2. The summed E-state index contributed by atoms with van der Waals surface area (Å²) in [5.41, 5.74) is 4.67. The molecule has 0 bridgehead atoms. The SMILES string of the molecule is COc1ccc(C(=O)NNC(=O)CCS(=O)(=O)c2ccccc2)cc1OC. The van der Waals surface area contributed by atoms with Crippen LogP contribution in [0.3, 0.4) is 0 Å². The summed E-state index contributed by atoms with van der Waals surface area (Å²) in [7, 11) is -0.654. The maximum atomic E-state index is 12.1. The second kappa shape index (κ2) is 9.04. The van der Waals surface area contributed by atoms with Gasteiger partial charge in [0, 0.05) is 12.0 Å². The van der Waals surface area contributed by atoms with Crippen LogP contribution in [0.25, 0.3) is 0 Å². The third kappa shape index (κ3) is 5.45. The number of carbonyl (C=O) groups is 2. The van der Waals surface area contributed by atoms with Crippen molar-refractivity contribution in [2.24, 2.45) is 0 Å². The average Bonchev–Trinajstić information content (AvgIpc) is 2.70. The molecule has 2 rings (SSSR count). The smallest absolute Gasteiger partial charge is 0.269 e. The molecule has 0 saturated heterocycles. The van der Waals surface area contributed by atoms with Crippen LogP contribution in [0.5, 0.6) is 11.5 Å². The summed E-state index contributed by atoms with van der Waals surface area (Å²) in [6.07, 6.45) is -0.288. The molecule has 2 aromatic rings. The van der Waals surface area contributed by atoms with Crippen molar-refractivity contribution in [3.8, 4) is 11.5 Å². The first-order valence-corrected chi connectivity index (χ1v) is 9.61. The summed E-state index contributed by atoms with van der Waals surface area (Å²) in [6, 6.07) is 12.4. The minimum atomic E-state index is -3.57. The Morgan fingerprint density at radius 2 is 1.59 bits per heavy atom. The van der Waals surface area contributed by atoms with Crippen LogP contribution < -0.4 is 20.3 Å². The van der Waals surface area contributed by atoms with E-state index in [4.69, 9.17) is 9.47 Å². The molecule has 144 valence electrons. The van der Waals surface area contributed by atoms with E-state index < -0.39 is 21.7 Å². The van der Waals surface area contributed by atoms with Gasteiger partial charge in [-0.05, 0) is 30.3 Å². The molecule has 0 aliphatic heterocycles. The Hall–Kier alpha value is -3.07. The molecule has 0 fully saturated rings. The maximum Gasteiger partial charge on any atom is 0.269 e. The van der Waals surface area contributed by atoms with Crippen LogP contribution in [-0.4, -0.2) is 40.2 Å². The molecule has 0 heterocycles. The van der Waals surface area contributed by atoms with Crippen molar-refractivity contribution in [1.29, 1.82) is 0 Å². The molecule has 9 heteroatoms. The Kier molecular flexibility index (Phi) is 6.78. The minimum Gasteiger partial charge on any atom is -0.493 e. The van der Waals surface area contributed by atoms with Crippen molar-refractivity contribution in [3.05, 3.63) is 54.1 Å². The van der Waals surface area contributed by atoms with Gasteiger partial charge in [0.2, 0.25) is 5.91 Å². The highest BCUT2D eigenvalue weighted by Gasteiger charge is 2.17. The topological polar surface area (TPSA) is 111 Å². The van der Waals surface area contributed by atoms with Crippen molar-refractivity contribution in [3.63, 3.8) is 0 Å². The predicted molar refractivity (Wildman–Crippen MR) is 98.3 cm³/mol. The number of carbonyl (C=O) groups excluding carboxylic acids is 2. The van der Waals surface area contributed by atoms with Crippen molar-refractivity contribution < 1.29 is 27.5 Å². The molecule has 0 aromatic heterocycles. The molecule has 0 spiro atoms. The molecule has 0 atom stereocenters. The highest BCUT2D eigenvalue weighted by molar-refractivity contribution is 7.91. The molecule has 2 amide bonds. The van der Waals surface area contributed by atoms with E-state index in [1.54, 1.807) is 24.3 Å². The number of benzene rings is 2. The van der Waals surface area contributed by atoms with Gasteiger partial charge in [-0.15, -0.1) is 0 Å². The molecular formula is C18H20N2O6S. The van der Waals surface area contributed by atoms with Gasteiger partial charge >= 0.3 is 0 Å². The number of hydrogen-bond acceptors (Lipinski definition) is 6. The van der Waals surface area contributed by atoms with Crippen LogP contribution in [0.4, 0.5) is 0 Å². The molecule has 0 saturated carbocycles. The fourth-order valence-electron chi connectivity index (χ4n) is 2.21. The van der Waals surface area contributed by atoms with Crippen LogP contribution in [0, 0.1) is 0 Å². The summed E-state index contributed by atoms with van der Waals surface area (Å²) in [6.45, 7) is 0. The Morgan fingerprint density at radius 3 is 2.22 bits per heavy atom. The molecule has 0 aliphatic carbocycles. The third-order valence-electron chi connectivity index (χ3n) is 3.66. The van der Waals surface area contributed by atoms with E-state index >= 15 is 0 Å². The quantitative estimate of drug-likeness (QED) is 0.688. The predicted octanol–water partition coefficient (Wildman–Crippen LogP) is 1.33. The van der Waals surface area contributed by atoms with Crippen LogP contribution in [0.2, 0.25) is 0 Å².